The highest BCUT2D eigenvalue weighted by atomic mass is 16.3. The van der Waals surface area contributed by atoms with Gasteiger partial charge in [0.05, 0.1) is 11.5 Å². The van der Waals surface area contributed by atoms with Gasteiger partial charge < -0.3 is 5.11 Å². The third-order valence-electron chi connectivity index (χ3n) is 3.50. The van der Waals surface area contributed by atoms with Gasteiger partial charge in [-0.15, -0.1) is 0 Å². The van der Waals surface area contributed by atoms with E-state index in [1.165, 1.54) is 0 Å². The maximum Gasteiger partial charge on any atom is 0.0691 e. The maximum absolute atomic E-state index is 9.18. The summed E-state index contributed by atoms with van der Waals surface area (Å²) < 4.78 is 0. The first kappa shape index (κ1) is 12.5. The van der Waals surface area contributed by atoms with Crippen molar-refractivity contribution >= 4 is 0 Å². The summed E-state index contributed by atoms with van der Waals surface area (Å²) in [4.78, 5) is 2.42. The lowest BCUT2D eigenvalue weighted by molar-refractivity contribution is 0.0551. The van der Waals surface area contributed by atoms with Crippen molar-refractivity contribution in [1.82, 2.24) is 4.90 Å². The molecule has 3 heteroatoms. The van der Waals surface area contributed by atoms with Crippen LogP contribution in [0.25, 0.3) is 0 Å². The Morgan fingerprint density at radius 1 is 1.33 bits per heavy atom. The molecule has 86 valence electrons. The molecule has 0 radical (unpaired) electrons. The summed E-state index contributed by atoms with van der Waals surface area (Å²) >= 11 is 0. The van der Waals surface area contributed by atoms with Crippen LogP contribution in [0.2, 0.25) is 0 Å². The molecule has 0 aromatic rings. The minimum Gasteiger partial charge on any atom is -0.396 e. The zero-order chi connectivity index (χ0) is 11.5. The Bertz CT molecular complexity index is 241. The van der Waals surface area contributed by atoms with Crippen molar-refractivity contribution in [3.8, 4) is 6.07 Å². The number of piperidine rings is 1. The number of aliphatic hydroxyl groups is 1. The molecule has 1 heterocycles. The lowest BCUT2D eigenvalue weighted by Gasteiger charge is -2.43. The van der Waals surface area contributed by atoms with Gasteiger partial charge in [-0.05, 0) is 40.0 Å². The Labute approximate surface area is 92.7 Å². The van der Waals surface area contributed by atoms with E-state index < -0.39 is 0 Å². The normalized spacial score (nSPS) is 22.3. The van der Waals surface area contributed by atoms with E-state index >= 15 is 0 Å². The highest BCUT2D eigenvalue weighted by Gasteiger charge is 2.36. The molecule has 0 amide bonds. The third kappa shape index (κ3) is 2.93. The van der Waals surface area contributed by atoms with E-state index in [2.05, 4.69) is 31.7 Å². The molecule has 1 rings (SSSR count). The van der Waals surface area contributed by atoms with Crippen molar-refractivity contribution in [1.29, 1.82) is 5.26 Å². The predicted molar refractivity (Wildman–Crippen MR) is 60.3 cm³/mol. The van der Waals surface area contributed by atoms with Crippen molar-refractivity contribution in [3.63, 3.8) is 0 Å². The minimum atomic E-state index is -0.267. The first-order valence-electron chi connectivity index (χ1n) is 5.71. The van der Waals surface area contributed by atoms with Crippen LogP contribution in [0.1, 0.15) is 40.0 Å². The second-order valence-electron chi connectivity index (χ2n) is 5.52. The number of hydrogen-bond donors (Lipinski definition) is 1. The van der Waals surface area contributed by atoms with Gasteiger partial charge in [0, 0.05) is 25.2 Å². The lowest BCUT2D eigenvalue weighted by Crippen LogP contribution is -2.48. The molecule has 1 aliphatic rings. The van der Waals surface area contributed by atoms with Crippen molar-refractivity contribution in [2.45, 2.75) is 45.6 Å². The maximum atomic E-state index is 9.18. The molecule has 1 N–H and O–H groups in total. The van der Waals surface area contributed by atoms with Crippen molar-refractivity contribution < 1.29 is 5.11 Å². The van der Waals surface area contributed by atoms with Gasteiger partial charge >= 0.3 is 0 Å². The number of aliphatic hydroxyl groups excluding tert-OH is 1. The summed E-state index contributed by atoms with van der Waals surface area (Å²) in [5.74, 6) is 0. The monoisotopic (exact) mass is 210 g/mol. The summed E-state index contributed by atoms with van der Waals surface area (Å²) in [6, 6.07) is 2.40. The van der Waals surface area contributed by atoms with Crippen LogP contribution in [0, 0.1) is 16.7 Å². The standard InChI is InChI=1S/C12H22N2O/c1-11(2,3)14-7-4-12(10-13,5-8-14)6-9-15/h15H,4-9H2,1-3H3. The van der Waals surface area contributed by atoms with Gasteiger partial charge in [0.25, 0.3) is 0 Å². The molecule has 0 saturated carbocycles. The fourth-order valence-electron chi connectivity index (χ4n) is 2.24. The van der Waals surface area contributed by atoms with Crippen LogP contribution < -0.4 is 0 Å². The van der Waals surface area contributed by atoms with E-state index in [9.17, 15) is 5.26 Å². The van der Waals surface area contributed by atoms with E-state index in [-0.39, 0.29) is 17.6 Å². The molecule has 1 fully saturated rings. The Kier molecular flexibility index (Phi) is 3.75. The minimum absolute atomic E-state index is 0.128. The van der Waals surface area contributed by atoms with Crippen LogP contribution >= 0.6 is 0 Å². The molecule has 1 saturated heterocycles. The van der Waals surface area contributed by atoms with E-state index in [0.29, 0.717) is 6.42 Å². The van der Waals surface area contributed by atoms with Gasteiger partial charge in [-0.25, -0.2) is 0 Å². The van der Waals surface area contributed by atoms with Crippen LogP contribution in [0.3, 0.4) is 0 Å². The largest absolute Gasteiger partial charge is 0.396 e. The topological polar surface area (TPSA) is 47.3 Å². The van der Waals surface area contributed by atoms with Gasteiger partial charge in [0.15, 0.2) is 0 Å². The molecule has 3 nitrogen and oxygen atoms in total. The Balaban J connectivity index is 2.58. The van der Waals surface area contributed by atoms with Gasteiger partial charge in [-0.1, -0.05) is 0 Å². The molecule has 0 unspecified atom stereocenters. The molecule has 0 aromatic heterocycles. The van der Waals surface area contributed by atoms with Gasteiger partial charge in [-0.2, -0.15) is 5.26 Å². The van der Waals surface area contributed by atoms with E-state index in [4.69, 9.17) is 5.11 Å². The quantitative estimate of drug-likeness (QED) is 0.755. The fourth-order valence-corrected chi connectivity index (χ4v) is 2.24. The van der Waals surface area contributed by atoms with E-state index in [0.717, 1.165) is 25.9 Å². The van der Waals surface area contributed by atoms with Gasteiger partial charge in [-0.3, -0.25) is 4.90 Å². The van der Waals surface area contributed by atoms with Gasteiger partial charge in [0.1, 0.15) is 0 Å². The third-order valence-corrected chi connectivity index (χ3v) is 3.50. The number of nitriles is 1. The summed E-state index contributed by atoms with van der Waals surface area (Å²) in [7, 11) is 0. The molecular weight excluding hydrogens is 188 g/mol. The zero-order valence-electron chi connectivity index (χ0n) is 10.1. The summed E-state index contributed by atoms with van der Waals surface area (Å²) in [5, 5.41) is 18.2. The summed E-state index contributed by atoms with van der Waals surface area (Å²) in [5.41, 5.74) is -0.0721. The Morgan fingerprint density at radius 3 is 2.20 bits per heavy atom. The molecule has 0 atom stereocenters. The Morgan fingerprint density at radius 2 is 1.87 bits per heavy atom. The number of nitrogens with zero attached hydrogens (tertiary/aromatic N) is 2. The lowest BCUT2D eigenvalue weighted by atomic mass is 9.76. The first-order chi connectivity index (χ1) is 6.93. The molecule has 0 aliphatic carbocycles. The van der Waals surface area contributed by atoms with Crippen LogP contribution in [0.5, 0.6) is 0 Å². The first-order valence-corrected chi connectivity index (χ1v) is 5.71. The van der Waals surface area contributed by atoms with Crippen LogP contribution in [0.4, 0.5) is 0 Å². The highest BCUT2D eigenvalue weighted by molar-refractivity contribution is 5.02. The smallest absolute Gasteiger partial charge is 0.0691 e. The molecule has 15 heavy (non-hydrogen) atoms. The molecule has 0 bridgehead atoms. The average molecular weight is 210 g/mol. The summed E-state index contributed by atoms with van der Waals surface area (Å²) in [6.45, 7) is 8.69. The SMILES string of the molecule is CC(C)(C)N1CCC(C#N)(CCO)CC1. The van der Waals surface area contributed by atoms with E-state index in [1.807, 2.05) is 0 Å². The second-order valence-corrected chi connectivity index (χ2v) is 5.52. The fraction of sp³-hybridized carbons (Fsp3) is 0.917. The predicted octanol–water partition coefficient (Wildman–Crippen LogP) is 1.77. The van der Waals surface area contributed by atoms with Crippen LogP contribution in [0.15, 0.2) is 0 Å². The number of rotatable bonds is 2. The molecular formula is C12H22N2O. The number of hydrogen-bond acceptors (Lipinski definition) is 3. The van der Waals surface area contributed by atoms with Crippen LogP contribution in [-0.2, 0) is 0 Å². The van der Waals surface area contributed by atoms with Gasteiger partial charge in [0.2, 0.25) is 0 Å². The van der Waals surface area contributed by atoms with Crippen LogP contribution in [-0.4, -0.2) is 35.2 Å². The highest BCUT2D eigenvalue weighted by Crippen LogP contribution is 2.36. The molecule has 0 spiro atoms. The van der Waals surface area contributed by atoms with Crippen molar-refractivity contribution in [3.05, 3.63) is 0 Å². The second kappa shape index (κ2) is 4.51. The van der Waals surface area contributed by atoms with E-state index in [1.54, 1.807) is 0 Å². The van der Waals surface area contributed by atoms with Crippen molar-refractivity contribution in [2.24, 2.45) is 5.41 Å². The number of likely N-dealkylation sites (tertiary alicyclic amines) is 1. The molecule has 1 aliphatic heterocycles. The molecule has 0 aromatic carbocycles. The average Bonchev–Trinajstić information content (AvgIpc) is 2.17. The Hall–Kier alpha value is -0.590. The summed E-state index contributed by atoms with van der Waals surface area (Å²) in [6.07, 6.45) is 2.41. The zero-order valence-corrected chi connectivity index (χ0v) is 10.1. The van der Waals surface area contributed by atoms with Crippen molar-refractivity contribution in [2.75, 3.05) is 19.7 Å².